The van der Waals surface area contributed by atoms with Crippen LogP contribution in [0.3, 0.4) is 0 Å². The van der Waals surface area contributed by atoms with Crippen molar-refractivity contribution >= 4 is 33.5 Å². The van der Waals surface area contributed by atoms with E-state index in [1.165, 1.54) is 11.5 Å². The van der Waals surface area contributed by atoms with Gasteiger partial charge in [0.05, 0.1) is 4.70 Å². The number of carbonyl (C=O) groups is 1. The topological polar surface area (TPSA) is 66.9 Å². The van der Waals surface area contributed by atoms with Gasteiger partial charge >= 0.3 is 6.03 Å². The van der Waals surface area contributed by atoms with Crippen LogP contribution in [0.25, 0.3) is 10.2 Å². The van der Waals surface area contributed by atoms with Crippen LogP contribution in [-0.2, 0) is 0 Å². The molecule has 0 fully saturated rings. The molecule has 1 aromatic heterocycles. The molecule has 0 atom stereocenters. The molecule has 0 saturated carbocycles. The van der Waals surface area contributed by atoms with Gasteiger partial charge in [0.15, 0.2) is 0 Å². The number of nitrogens with zero attached hydrogens (tertiary/aromatic N) is 2. The van der Waals surface area contributed by atoms with Crippen molar-refractivity contribution in [2.24, 2.45) is 0 Å². The van der Waals surface area contributed by atoms with Gasteiger partial charge in [-0.25, -0.2) is 4.79 Å². The summed E-state index contributed by atoms with van der Waals surface area (Å²) in [6, 6.07) is 5.23. The van der Waals surface area contributed by atoms with Gasteiger partial charge in [0.2, 0.25) is 0 Å². The minimum Gasteiger partial charge on any atom is -0.312 e. The number of carbonyl (C=O) groups excluding carboxylic acids is 1. The smallest absolute Gasteiger partial charge is 0.312 e. The molecule has 2 aromatic rings. The van der Waals surface area contributed by atoms with E-state index in [2.05, 4.69) is 20.2 Å². The average Bonchev–Trinajstić information content (AvgIpc) is 2.75. The van der Waals surface area contributed by atoms with E-state index in [1.54, 1.807) is 6.07 Å². The van der Waals surface area contributed by atoms with E-state index in [9.17, 15) is 4.79 Å². The van der Waals surface area contributed by atoms with Crippen LogP contribution >= 0.6 is 11.5 Å². The summed E-state index contributed by atoms with van der Waals surface area (Å²) in [6.07, 6.45) is 1.83. The largest absolute Gasteiger partial charge is 0.323 e. The van der Waals surface area contributed by atoms with Crippen LogP contribution in [0.1, 0.15) is 13.8 Å². The van der Waals surface area contributed by atoms with Crippen LogP contribution in [0.5, 0.6) is 0 Å². The fourth-order valence-electron chi connectivity index (χ4n) is 1.27. The van der Waals surface area contributed by atoms with Crippen molar-refractivity contribution in [3.05, 3.63) is 30.0 Å². The van der Waals surface area contributed by atoms with Crippen LogP contribution in [0.15, 0.2) is 30.0 Å². The number of amides is 2. The maximum atomic E-state index is 11.6. The number of benzene rings is 1. The quantitative estimate of drug-likeness (QED) is 0.858. The van der Waals surface area contributed by atoms with E-state index in [1.807, 2.05) is 32.1 Å². The Hall–Kier alpha value is -1.95. The number of hydrogen-bond donors (Lipinski definition) is 2. The first-order valence-electron chi connectivity index (χ1n) is 5.12. The van der Waals surface area contributed by atoms with Gasteiger partial charge in [-0.15, -0.1) is 5.10 Å². The summed E-state index contributed by atoms with van der Waals surface area (Å²) in [5.74, 6) is 0. The molecule has 0 aliphatic heterocycles. The Kier molecular flexibility index (Phi) is 3.34. The molecule has 2 rings (SSSR count). The SMILES string of the molecule is C/C=C(\C)NC(=O)Nc1ccc2nnsc2c1. The molecule has 1 aromatic carbocycles. The van der Waals surface area contributed by atoms with Crippen LogP contribution in [0, 0.1) is 0 Å². The zero-order valence-electron chi connectivity index (χ0n) is 9.52. The van der Waals surface area contributed by atoms with E-state index < -0.39 is 0 Å². The molecule has 0 bridgehead atoms. The van der Waals surface area contributed by atoms with E-state index in [4.69, 9.17) is 0 Å². The average molecular weight is 248 g/mol. The highest BCUT2D eigenvalue weighted by Crippen LogP contribution is 2.19. The number of urea groups is 1. The first-order chi connectivity index (χ1) is 8.19. The Morgan fingerprint density at radius 3 is 3.06 bits per heavy atom. The molecule has 17 heavy (non-hydrogen) atoms. The molecule has 0 saturated heterocycles. The van der Waals surface area contributed by atoms with Crippen molar-refractivity contribution in [3.8, 4) is 0 Å². The summed E-state index contributed by atoms with van der Waals surface area (Å²) >= 11 is 1.30. The van der Waals surface area contributed by atoms with Crippen LogP contribution in [-0.4, -0.2) is 15.6 Å². The van der Waals surface area contributed by atoms with Crippen LogP contribution < -0.4 is 10.6 Å². The molecule has 5 nitrogen and oxygen atoms in total. The van der Waals surface area contributed by atoms with Gasteiger partial charge in [-0.1, -0.05) is 10.6 Å². The predicted octanol–water partition coefficient (Wildman–Crippen LogP) is 2.74. The standard InChI is InChI=1S/C11H12N4OS/c1-3-7(2)12-11(16)13-8-4-5-9-10(6-8)17-15-14-9/h3-6H,1-2H3,(H2,12,13,16)/b7-3+. The molecular weight excluding hydrogens is 236 g/mol. The van der Waals surface area contributed by atoms with E-state index in [0.717, 1.165) is 21.6 Å². The third-order valence-electron chi connectivity index (χ3n) is 2.25. The number of aromatic nitrogens is 2. The second-order valence-corrected chi connectivity index (χ2v) is 4.29. The summed E-state index contributed by atoms with van der Waals surface area (Å²) in [7, 11) is 0. The Morgan fingerprint density at radius 2 is 2.29 bits per heavy atom. The minimum atomic E-state index is -0.252. The summed E-state index contributed by atoms with van der Waals surface area (Å²) in [4.78, 5) is 11.6. The van der Waals surface area contributed by atoms with Gasteiger partial charge in [0, 0.05) is 11.4 Å². The molecule has 88 valence electrons. The monoisotopic (exact) mass is 248 g/mol. The third-order valence-corrected chi connectivity index (χ3v) is 2.94. The predicted molar refractivity (Wildman–Crippen MR) is 69.0 cm³/mol. The lowest BCUT2D eigenvalue weighted by molar-refractivity contribution is 0.254. The molecule has 0 radical (unpaired) electrons. The lowest BCUT2D eigenvalue weighted by atomic mass is 10.3. The number of allylic oxidation sites excluding steroid dienone is 2. The number of hydrogen-bond acceptors (Lipinski definition) is 4. The molecule has 0 aliphatic rings. The molecule has 2 amide bonds. The Balaban J connectivity index is 2.10. The van der Waals surface area contributed by atoms with Crippen molar-refractivity contribution in [1.82, 2.24) is 14.9 Å². The summed E-state index contributed by atoms with van der Waals surface area (Å²) in [5.41, 5.74) is 2.37. The van der Waals surface area contributed by atoms with E-state index >= 15 is 0 Å². The number of anilines is 1. The van der Waals surface area contributed by atoms with E-state index in [-0.39, 0.29) is 6.03 Å². The van der Waals surface area contributed by atoms with Crippen molar-refractivity contribution < 1.29 is 4.79 Å². The zero-order valence-corrected chi connectivity index (χ0v) is 10.3. The van der Waals surface area contributed by atoms with Gasteiger partial charge in [-0.3, -0.25) is 0 Å². The van der Waals surface area contributed by atoms with Gasteiger partial charge in [0.25, 0.3) is 0 Å². The van der Waals surface area contributed by atoms with Gasteiger partial charge < -0.3 is 10.6 Å². The zero-order chi connectivity index (χ0) is 12.3. The normalized spacial score (nSPS) is 11.5. The summed E-state index contributed by atoms with van der Waals surface area (Å²) in [6.45, 7) is 3.69. The molecule has 0 aliphatic carbocycles. The van der Waals surface area contributed by atoms with Gasteiger partial charge in [-0.2, -0.15) is 0 Å². The first kappa shape index (κ1) is 11.5. The van der Waals surface area contributed by atoms with E-state index in [0.29, 0.717) is 0 Å². The summed E-state index contributed by atoms with van der Waals surface area (Å²) in [5, 5.41) is 9.38. The lowest BCUT2D eigenvalue weighted by Crippen LogP contribution is -2.26. The highest BCUT2D eigenvalue weighted by Gasteiger charge is 2.04. The second kappa shape index (κ2) is 4.92. The highest BCUT2D eigenvalue weighted by atomic mass is 32.1. The summed E-state index contributed by atoms with van der Waals surface area (Å²) < 4.78 is 4.79. The molecular formula is C11H12N4OS. The van der Waals surface area contributed by atoms with Gasteiger partial charge in [0.1, 0.15) is 5.52 Å². The highest BCUT2D eigenvalue weighted by molar-refractivity contribution is 7.12. The maximum absolute atomic E-state index is 11.6. The molecule has 6 heteroatoms. The fourth-order valence-corrected chi connectivity index (χ4v) is 1.87. The number of fused-ring (bicyclic) bond motifs is 1. The van der Waals surface area contributed by atoms with Crippen LogP contribution in [0.2, 0.25) is 0 Å². The Bertz CT molecular complexity index is 576. The van der Waals surface area contributed by atoms with Crippen molar-refractivity contribution in [1.29, 1.82) is 0 Å². The number of rotatable bonds is 2. The Labute approximate surface area is 103 Å². The molecule has 0 spiro atoms. The molecule has 2 N–H and O–H groups in total. The van der Waals surface area contributed by atoms with Crippen molar-refractivity contribution in [2.75, 3.05) is 5.32 Å². The van der Waals surface area contributed by atoms with Crippen LogP contribution in [0.4, 0.5) is 10.5 Å². The second-order valence-electron chi connectivity index (χ2n) is 3.51. The minimum absolute atomic E-state index is 0.252. The lowest BCUT2D eigenvalue weighted by Gasteiger charge is -2.07. The molecule has 0 unspecified atom stereocenters. The van der Waals surface area contributed by atoms with Gasteiger partial charge in [-0.05, 0) is 43.6 Å². The maximum Gasteiger partial charge on any atom is 0.323 e. The third kappa shape index (κ3) is 2.79. The molecule has 1 heterocycles. The van der Waals surface area contributed by atoms with Crippen molar-refractivity contribution in [2.45, 2.75) is 13.8 Å². The number of nitrogens with one attached hydrogen (secondary N) is 2. The first-order valence-corrected chi connectivity index (χ1v) is 5.89. The van der Waals surface area contributed by atoms with Crippen molar-refractivity contribution in [3.63, 3.8) is 0 Å². The Morgan fingerprint density at radius 1 is 1.47 bits per heavy atom. The fraction of sp³-hybridized carbons (Fsp3) is 0.182.